The van der Waals surface area contributed by atoms with Gasteiger partial charge in [0, 0.05) is 0 Å². The Morgan fingerprint density at radius 3 is 2.08 bits per heavy atom. The molecule has 0 saturated heterocycles. The molecule has 0 aromatic carbocycles. The predicted molar refractivity (Wildman–Crippen MR) is 51.4 cm³/mol. The number of aliphatic hydroxyl groups is 2. The molecule has 0 aliphatic heterocycles. The van der Waals surface area contributed by atoms with E-state index in [1.807, 2.05) is 0 Å². The number of aliphatic hydroxyl groups excluding tert-OH is 1. The maximum atomic E-state index is 10.6. The lowest BCUT2D eigenvalue weighted by Gasteiger charge is -1.98. The fraction of sp³-hybridized carbons (Fsp3) is 0.286. The first kappa shape index (κ1) is 10.1. The van der Waals surface area contributed by atoms with Crippen molar-refractivity contribution in [2.24, 2.45) is 0 Å². The molecule has 3 N–H and O–H groups in total. The molecule has 13 heavy (non-hydrogen) atoms. The van der Waals surface area contributed by atoms with Gasteiger partial charge in [-0.1, -0.05) is 6.92 Å². The number of aliphatic carboxylic acids is 1. The van der Waals surface area contributed by atoms with Crippen LogP contribution in [0.1, 0.15) is 13.3 Å². The van der Waals surface area contributed by atoms with Crippen LogP contribution in [0.2, 0.25) is 0 Å². The minimum Gasteiger partial charge on any atom is -0.479 e. The molecular weight excluding hydrogens is 212 g/mol. The monoisotopic (exact) mass is 220 g/mol. The highest BCUT2D eigenvalue weighted by molar-refractivity contribution is 7.36. The van der Waals surface area contributed by atoms with E-state index in [1.54, 1.807) is 6.92 Å². The second-order valence-corrected chi connectivity index (χ2v) is 4.80. The van der Waals surface area contributed by atoms with Gasteiger partial charge in [0.25, 0.3) is 0 Å². The summed E-state index contributed by atoms with van der Waals surface area (Å²) >= 11 is 2.17. The van der Waals surface area contributed by atoms with Crippen molar-refractivity contribution in [1.82, 2.24) is 0 Å². The molecule has 0 aliphatic carbocycles. The van der Waals surface area contributed by atoms with Gasteiger partial charge in [0.1, 0.15) is 0 Å². The molecule has 4 nitrogen and oxygen atoms in total. The molecule has 0 amide bonds. The van der Waals surface area contributed by atoms with Crippen LogP contribution in [0.3, 0.4) is 0 Å². The molecule has 1 aromatic heterocycles. The first-order chi connectivity index (χ1) is 6.06. The molecular formula is C7H8O4S2. The summed E-state index contributed by atoms with van der Waals surface area (Å²) < 4.78 is 0.979. The van der Waals surface area contributed by atoms with Gasteiger partial charge in [0.05, 0.1) is 9.42 Å². The number of carboxylic acids is 1. The average Bonchev–Trinajstić information content (AvgIpc) is 1.93. The normalized spacial score (nSPS) is 9.92. The Kier molecular flexibility index (Phi) is 2.94. The van der Waals surface area contributed by atoms with Gasteiger partial charge in [-0.05, 0) is 6.42 Å². The molecule has 0 saturated carbocycles. The summed E-state index contributed by atoms with van der Waals surface area (Å²) in [4.78, 5) is 10.6. The summed E-state index contributed by atoms with van der Waals surface area (Å²) in [7, 11) is 0. The van der Waals surface area contributed by atoms with Gasteiger partial charge in [0.15, 0.2) is 3.85 Å². The summed E-state index contributed by atoms with van der Waals surface area (Å²) in [5.41, 5.74) is 0.319. The zero-order valence-corrected chi connectivity index (χ0v) is 8.41. The summed E-state index contributed by atoms with van der Waals surface area (Å²) in [5.74, 6) is -1.69. The minimum atomic E-state index is -0.950. The van der Waals surface area contributed by atoms with Crippen LogP contribution in [0.25, 0.3) is 11.5 Å². The highest BCUT2D eigenvalue weighted by Gasteiger charge is 2.09. The molecule has 1 aromatic rings. The van der Waals surface area contributed by atoms with E-state index in [0.29, 0.717) is 19.7 Å². The van der Waals surface area contributed by atoms with E-state index in [2.05, 4.69) is 0 Å². The zero-order valence-electron chi connectivity index (χ0n) is 6.77. The molecule has 72 valence electrons. The van der Waals surface area contributed by atoms with Crippen molar-refractivity contribution in [1.29, 1.82) is 0 Å². The topological polar surface area (TPSA) is 77.8 Å². The van der Waals surface area contributed by atoms with Crippen LogP contribution < -0.4 is 7.69 Å². The quantitative estimate of drug-likeness (QED) is 0.683. The highest BCUT2D eigenvalue weighted by Crippen LogP contribution is 2.03. The smallest absolute Gasteiger partial charge is 0.333 e. The summed E-state index contributed by atoms with van der Waals surface area (Å²) in [6.07, 6.45) is 0.435. The fourth-order valence-electron chi connectivity index (χ4n) is 0.773. The van der Waals surface area contributed by atoms with Crippen LogP contribution in [-0.4, -0.2) is 21.3 Å². The van der Waals surface area contributed by atoms with E-state index >= 15 is 0 Å². The Morgan fingerprint density at radius 1 is 1.23 bits per heavy atom. The Labute approximate surface area is 81.7 Å². The molecule has 0 atom stereocenters. The predicted octanol–water partition coefficient (Wildman–Crippen LogP) is 0.637. The van der Waals surface area contributed by atoms with E-state index in [1.165, 1.54) is 0 Å². The summed E-state index contributed by atoms with van der Waals surface area (Å²) in [5, 5.41) is 25.9. The van der Waals surface area contributed by atoms with Crippen LogP contribution in [0, 0.1) is 0 Å². The van der Waals surface area contributed by atoms with Crippen LogP contribution in [0.15, 0.2) is 0 Å². The maximum absolute atomic E-state index is 10.6. The van der Waals surface area contributed by atoms with Crippen LogP contribution in [-0.2, 0) is 4.79 Å². The molecule has 0 radical (unpaired) electrons. The largest absolute Gasteiger partial charge is 0.479 e. The molecule has 1 rings (SSSR count). The third-order valence-electron chi connectivity index (χ3n) is 1.41. The van der Waals surface area contributed by atoms with Gasteiger partial charge in [-0.2, -0.15) is 0 Å². The van der Waals surface area contributed by atoms with Gasteiger partial charge in [-0.3, -0.25) is 0 Å². The lowest BCUT2D eigenvalue weighted by atomic mass is 10.2. The minimum absolute atomic E-state index is 0.319. The molecule has 0 aliphatic rings. The van der Waals surface area contributed by atoms with Crippen molar-refractivity contribution >= 4 is 40.2 Å². The Hall–Kier alpha value is -1.01. The molecule has 0 fully saturated rings. The second-order valence-electron chi connectivity index (χ2n) is 2.24. The molecule has 0 spiro atoms. The van der Waals surface area contributed by atoms with Crippen molar-refractivity contribution in [2.75, 3.05) is 0 Å². The van der Waals surface area contributed by atoms with Gasteiger partial charge in [-0.25, -0.2) is 4.79 Å². The third kappa shape index (κ3) is 2.02. The first-order valence-electron chi connectivity index (χ1n) is 3.50. The van der Waals surface area contributed by atoms with Crippen molar-refractivity contribution in [3.63, 3.8) is 0 Å². The standard InChI is InChI=1S/C7H8O4S2/c1-2-3(4(8)9)6-12-7(13-6)5(10)11/h10-11H,2H2,1H3,(H,8,9). The summed E-state index contributed by atoms with van der Waals surface area (Å²) in [6.45, 7) is 1.75. The van der Waals surface area contributed by atoms with Crippen molar-refractivity contribution in [3.05, 3.63) is 7.69 Å². The van der Waals surface area contributed by atoms with E-state index < -0.39 is 11.9 Å². The molecule has 6 heteroatoms. The second kappa shape index (κ2) is 3.80. The summed E-state index contributed by atoms with van der Waals surface area (Å²) in [6, 6.07) is 0. The Morgan fingerprint density at radius 2 is 1.77 bits per heavy atom. The molecule has 0 unspecified atom stereocenters. The van der Waals surface area contributed by atoms with Crippen molar-refractivity contribution < 1.29 is 20.1 Å². The number of rotatable bonds is 2. The molecule has 0 bridgehead atoms. The van der Waals surface area contributed by atoms with Gasteiger partial charge in [-0.15, -0.1) is 22.7 Å². The Balaban J connectivity index is 3.21. The lowest BCUT2D eigenvalue weighted by Crippen LogP contribution is -2.19. The van der Waals surface area contributed by atoms with Crippen LogP contribution >= 0.6 is 22.7 Å². The van der Waals surface area contributed by atoms with Gasteiger partial charge >= 0.3 is 11.9 Å². The average molecular weight is 220 g/mol. The zero-order chi connectivity index (χ0) is 10.0. The van der Waals surface area contributed by atoms with Gasteiger partial charge < -0.3 is 15.3 Å². The number of carbonyl (C=O) groups is 1. The van der Waals surface area contributed by atoms with E-state index in [4.69, 9.17) is 15.3 Å². The van der Waals surface area contributed by atoms with E-state index in [0.717, 1.165) is 22.7 Å². The first-order valence-corrected chi connectivity index (χ1v) is 5.14. The Bertz CT molecular complexity index is 403. The number of carboxylic acid groups (broad SMARTS) is 1. The van der Waals surface area contributed by atoms with Gasteiger partial charge in [0.2, 0.25) is 0 Å². The highest BCUT2D eigenvalue weighted by atomic mass is 32.2. The fourth-order valence-corrected chi connectivity index (χ4v) is 2.77. The third-order valence-corrected chi connectivity index (χ3v) is 4.01. The van der Waals surface area contributed by atoms with Crippen molar-refractivity contribution in [2.45, 2.75) is 13.3 Å². The van der Waals surface area contributed by atoms with E-state index in [-0.39, 0.29) is 0 Å². The van der Waals surface area contributed by atoms with Crippen LogP contribution in [0.5, 0.6) is 0 Å². The van der Waals surface area contributed by atoms with Crippen LogP contribution in [0.4, 0.5) is 0 Å². The lowest BCUT2D eigenvalue weighted by molar-refractivity contribution is -0.130. The SMILES string of the molecule is CCC(C(=O)O)=c1sc(=C(O)O)s1. The van der Waals surface area contributed by atoms with E-state index in [9.17, 15) is 4.79 Å². The maximum Gasteiger partial charge on any atom is 0.333 e. The van der Waals surface area contributed by atoms with Crippen molar-refractivity contribution in [3.8, 4) is 0 Å². The number of hydrogen-bond acceptors (Lipinski definition) is 5. The molecule has 1 heterocycles. The number of hydrogen-bond donors (Lipinski definition) is 3.